The lowest BCUT2D eigenvalue weighted by Gasteiger charge is -2.21. The normalized spacial score (nSPS) is 27.7. The molecule has 2 saturated carbocycles. The quantitative estimate of drug-likeness (QED) is 0.435. The van der Waals surface area contributed by atoms with Crippen LogP contribution >= 0.6 is 0 Å². The van der Waals surface area contributed by atoms with Crippen molar-refractivity contribution in [2.45, 2.75) is 48.6 Å². The first-order valence-corrected chi connectivity index (χ1v) is 13.1. The smallest absolute Gasteiger partial charge is 0.259 e. The summed E-state index contributed by atoms with van der Waals surface area (Å²) in [6.07, 6.45) is 4.68. The number of fused-ring (bicyclic) bond motifs is 1. The first kappa shape index (κ1) is 23.6. The van der Waals surface area contributed by atoms with E-state index < -0.39 is 32.8 Å². The molecule has 2 amide bonds. The Morgan fingerprint density at radius 2 is 2.09 bits per heavy atom. The molecule has 5 rings (SSSR count). The number of rotatable bonds is 9. The molecule has 0 spiro atoms. The Bertz CT molecular complexity index is 1290. The number of carbonyl (C=O) groups is 2. The van der Waals surface area contributed by atoms with E-state index in [4.69, 9.17) is 9.47 Å². The van der Waals surface area contributed by atoms with E-state index in [1.54, 1.807) is 19.4 Å². The maximum absolute atomic E-state index is 13.0. The predicted molar refractivity (Wildman–Crippen MR) is 128 cm³/mol. The van der Waals surface area contributed by atoms with E-state index in [1.807, 2.05) is 24.3 Å². The number of methoxy groups -OCH3 is 1. The van der Waals surface area contributed by atoms with Crippen molar-refractivity contribution in [1.82, 2.24) is 20.3 Å². The van der Waals surface area contributed by atoms with E-state index in [1.165, 1.54) is 0 Å². The fourth-order valence-electron chi connectivity index (χ4n) is 4.52. The van der Waals surface area contributed by atoms with Gasteiger partial charge in [-0.15, -0.1) is 6.58 Å². The van der Waals surface area contributed by atoms with Crippen LogP contribution in [0.2, 0.25) is 0 Å². The monoisotopic (exact) mass is 500 g/mol. The van der Waals surface area contributed by atoms with Crippen molar-refractivity contribution >= 4 is 32.6 Å². The number of pyridine rings is 1. The van der Waals surface area contributed by atoms with E-state index in [2.05, 4.69) is 26.9 Å². The van der Waals surface area contributed by atoms with Gasteiger partial charge >= 0.3 is 0 Å². The fourth-order valence-corrected chi connectivity index (χ4v) is 5.89. The molecule has 11 heteroatoms. The molecule has 1 aliphatic heterocycles. The summed E-state index contributed by atoms with van der Waals surface area (Å²) in [5.41, 5.74) is -1.29. The van der Waals surface area contributed by atoms with Crippen LogP contribution in [-0.4, -0.2) is 61.8 Å². The van der Waals surface area contributed by atoms with Gasteiger partial charge in [0.15, 0.2) is 0 Å². The van der Waals surface area contributed by atoms with E-state index in [0.29, 0.717) is 38.1 Å². The Hall–Kier alpha value is -3.18. The van der Waals surface area contributed by atoms with Gasteiger partial charge in [-0.05, 0) is 48.9 Å². The minimum Gasteiger partial charge on any atom is -0.497 e. The topological polar surface area (TPSA) is 136 Å². The number of aromatic nitrogens is 1. The maximum atomic E-state index is 13.0. The molecule has 1 aromatic heterocycles. The summed E-state index contributed by atoms with van der Waals surface area (Å²) in [6.45, 7) is 4.14. The van der Waals surface area contributed by atoms with Gasteiger partial charge in [0.25, 0.3) is 5.91 Å². The number of nitrogens with zero attached hydrogens (tertiary/aromatic N) is 1. The highest BCUT2D eigenvalue weighted by molar-refractivity contribution is 7.91. The molecule has 1 aromatic carbocycles. The summed E-state index contributed by atoms with van der Waals surface area (Å²) >= 11 is 0. The van der Waals surface area contributed by atoms with Gasteiger partial charge in [0, 0.05) is 30.5 Å². The molecule has 2 aliphatic carbocycles. The highest BCUT2D eigenvalue weighted by atomic mass is 32.2. The van der Waals surface area contributed by atoms with Gasteiger partial charge in [-0.1, -0.05) is 6.08 Å². The van der Waals surface area contributed by atoms with Crippen molar-refractivity contribution in [2.75, 3.05) is 13.7 Å². The molecule has 35 heavy (non-hydrogen) atoms. The van der Waals surface area contributed by atoms with Crippen molar-refractivity contribution in [2.24, 2.45) is 5.92 Å². The van der Waals surface area contributed by atoms with Crippen molar-refractivity contribution in [3.05, 3.63) is 43.1 Å². The van der Waals surface area contributed by atoms with Crippen LogP contribution in [0.4, 0.5) is 0 Å². The maximum Gasteiger partial charge on any atom is 0.259 e. The Kier molecular flexibility index (Phi) is 5.92. The molecule has 3 N–H and O–H groups in total. The molecule has 1 saturated heterocycles. The SMILES string of the molecule is C=C[C@@H]1C[C@]1(NC(=O)[C@@H]1C[C@@H](Oc2nccc3cc(OC)ccc23)CN1)C(=O)NS(=O)(=O)C1CC1. The lowest BCUT2D eigenvalue weighted by Crippen LogP contribution is -2.55. The molecule has 2 aromatic rings. The molecule has 4 atom stereocenters. The molecule has 3 fully saturated rings. The third kappa shape index (κ3) is 4.57. The van der Waals surface area contributed by atoms with Crippen LogP contribution in [-0.2, 0) is 19.6 Å². The van der Waals surface area contributed by atoms with Crippen LogP contribution in [0.5, 0.6) is 11.6 Å². The minimum absolute atomic E-state index is 0.305. The second kappa shape index (κ2) is 8.80. The van der Waals surface area contributed by atoms with Crippen molar-refractivity contribution < 1.29 is 27.5 Å². The number of sulfonamides is 1. The van der Waals surface area contributed by atoms with Crippen molar-refractivity contribution in [1.29, 1.82) is 0 Å². The van der Waals surface area contributed by atoms with Gasteiger partial charge in [0.2, 0.25) is 21.8 Å². The molecular weight excluding hydrogens is 472 g/mol. The molecule has 186 valence electrons. The summed E-state index contributed by atoms with van der Waals surface area (Å²) in [4.78, 5) is 30.2. The van der Waals surface area contributed by atoms with Crippen LogP contribution in [0.15, 0.2) is 43.1 Å². The Morgan fingerprint density at radius 1 is 1.29 bits per heavy atom. The van der Waals surface area contributed by atoms with E-state index in [0.717, 1.165) is 16.5 Å². The lowest BCUT2D eigenvalue weighted by atomic mass is 10.1. The number of nitrogens with one attached hydrogen (secondary N) is 3. The first-order valence-electron chi connectivity index (χ1n) is 11.6. The van der Waals surface area contributed by atoms with E-state index >= 15 is 0 Å². The predicted octanol–water partition coefficient (Wildman–Crippen LogP) is 1.02. The number of benzene rings is 1. The zero-order chi connectivity index (χ0) is 24.8. The van der Waals surface area contributed by atoms with Crippen LogP contribution < -0.4 is 24.8 Å². The number of carbonyl (C=O) groups excluding carboxylic acids is 2. The Labute approximate surface area is 203 Å². The summed E-state index contributed by atoms with van der Waals surface area (Å²) in [5.74, 6) is -0.215. The van der Waals surface area contributed by atoms with Crippen LogP contribution in [0.1, 0.15) is 25.7 Å². The van der Waals surface area contributed by atoms with Crippen LogP contribution in [0.3, 0.4) is 0 Å². The number of hydrogen-bond donors (Lipinski definition) is 3. The first-order chi connectivity index (χ1) is 16.8. The van der Waals surface area contributed by atoms with Gasteiger partial charge in [-0.2, -0.15) is 0 Å². The third-order valence-electron chi connectivity index (χ3n) is 6.87. The Morgan fingerprint density at radius 3 is 2.77 bits per heavy atom. The van der Waals surface area contributed by atoms with Gasteiger partial charge in [-0.3, -0.25) is 14.3 Å². The van der Waals surface area contributed by atoms with E-state index in [-0.39, 0.29) is 17.9 Å². The summed E-state index contributed by atoms with van der Waals surface area (Å²) in [7, 11) is -2.11. The number of hydrogen-bond acceptors (Lipinski definition) is 8. The van der Waals surface area contributed by atoms with Gasteiger partial charge in [0.1, 0.15) is 17.4 Å². The second-order valence-corrected chi connectivity index (χ2v) is 11.3. The highest BCUT2D eigenvalue weighted by Gasteiger charge is 2.61. The molecule has 0 unspecified atom stereocenters. The highest BCUT2D eigenvalue weighted by Crippen LogP contribution is 2.45. The van der Waals surface area contributed by atoms with Gasteiger partial charge < -0.3 is 20.1 Å². The summed E-state index contributed by atoms with van der Waals surface area (Å²) < 4.78 is 38.0. The third-order valence-corrected chi connectivity index (χ3v) is 8.69. The minimum atomic E-state index is -3.72. The van der Waals surface area contributed by atoms with Crippen molar-refractivity contribution in [3.8, 4) is 11.6 Å². The standard InChI is InChI=1S/C24H28N4O6S/c1-3-15-12-24(15,23(30)28-35(31,32)18-5-6-18)27-21(29)20-11-17(13-26-20)34-22-19-7-4-16(33-2)10-14(19)8-9-25-22/h3-4,7-10,15,17-18,20,26H,1,5-6,11-13H2,2H3,(H,27,29)(H,28,30)/t15-,17-,20+,24-/m1/s1. The summed E-state index contributed by atoms with van der Waals surface area (Å²) in [5, 5.41) is 7.14. The van der Waals surface area contributed by atoms with Crippen LogP contribution in [0, 0.1) is 5.92 Å². The largest absolute Gasteiger partial charge is 0.497 e. The van der Waals surface area contributed by atoms with Crippen LogP contribution in [0.25, 0.3) is 10.8 Å². The zero-order valence-corrected chi connectivity index (χ0v) is 20.1. The average Bonchev–Trinajstić information content (AvgIpc) is 3.76. The molecule has 2 heterocycles. The zero-order valence-electron chi connectivity index (χ0n) is 19.3. The molecular formula is C24H28N4O6S. The average molecular weight is 501 g/mol. The number of ether oxygens (including phenoxy) is 2. The van der Waals surface area contributed by atoms with Crippen molar-refractivity contribution in [3.63, 3.8) is 0 Å². The van der Waals surface area contributed by atoms with E-state index in [9.17, 15) is 18.0 Å². The summed E-state index contributed by atoms with van der Waals surface area (Å²) in [6, 6.07) is 6.88. The molecule has 0 radical (unpaired) electrons. The van der Waals surface area contributed by atoms with Gasteiger partial charge in [-0.25, -0.2) is 13.4 Å². The molecule has 0 bridgehead atoms. The number of amides is 2. The second-order valence-electron chi connectivity index (χ2n) is 9.32. The Balaban J connectivity index is 1.23. The molecule has 10 nitrogen and oxygen atoms in total. The van der Waals surface area contributed by atoms with Gasteiger partial charge in [0.05, 0.1) is 18.4 Å². The fraction of sp³-hybridized carbons (Fsp3) is 0.458. The lowest BCUT2D eigenvalue weighted by molar-refractivity contribution is -0.130. The molecule has 3 aliphatic rings.